The van der Waals surface area contributed by atoms with Gasteiger partial charge in [0.25, 0.3) is 0 Å². The normalized spacial score (nSPS) is 26.1. The van der Waals surface area contributed by atoms with Crippen LogP contribution in [0.1, 0.15) is 25.7 Å². The average molecular weight is 299 g/mol. The van der Waals surface area contributed by atoms with E-state index < -0.39 is 31.7 Å². The first-order valence-electron chi connectivity index (χ1n) is 6.03. The maximum absolute atomic E-state index is 11.6. The molecule has 0 aliphatic heterocycles. The molecule has 0 radical (unpaired) electrons. The van der Waals surface area contributed by atoms with Crippen molar-refractivity contribution in [3.63, 3.8) is 0 Å². The van der Waals surface area contributed by atoms with E-state index in [1.54, 1.807) is 0 Å². The van der Waals surface area contributed by atoms with E-state index in [-0.39, 0.29) is 18.2 Å². The van der Waals surface area contributed by atoms with Gasteiger partial charge >= 0.3 is 0 Å². The topological polar surface area (TPSA) is 101 Å². The van der Waals surface area contributed by atoms with Gasteiger partial charge in [0.15, 0.2) is 0 Å². The van der Waals surface area contributed by atoms with Crippen molar-refractivity contribution in [2.24, 2.45) is 5.92 Å². The Morgan fingerprint density at radius 2 is 1.72 bits per heavy atom. The molecule has 0 aromatic rings. The molecular formula is C10H21NO5S2. The Kier molecular flexibility index (Phi) is 5.57. The second kappa shape index (κ2) is 6.31. The molecule has 1 aliphatic rings. The van der Waals surface area contributed by atoms with E-state index >= 15 is 0 Å². The lowest BCUT2D eigenvalue weighted by molar-refractivity contribution is 0.0724. The zero-order valence-electron chi connectivity index (χ0n) is 10.5. The molecule has 18 heavy (non-hydrogen) atoms. The van der Waals surface area contributed by atoms with Crippen molar-refractivity contribution in [3.8, 4) is 0 Å². The Hall–Kier alpha value is -0.180. The molecule has 1 saturated carbocycles. The highest BCUT2D eigenvalue weighted by Crippen LogP contribution is 2.23. The molecule has 2 unspecified atom stereocenters. The molecule has 1 rings (SSSR count). The van der Waals surface area contributed by atoms with Crippen molar-refractivity contribution < 1.29 is 21.9 Å². The summed E-state index contributed by atoms with van der Waals surface area (Å²) in [6.07, 6.45) is 4.01. The number of rotatable bonds is 6. The molecule has 2 N–H and O–H groups in total. The smallest absolute Gasteiger partial charge is 0.212 e. The molecule has 0 spiro atoms. The van der Waals surface area contributed by atoms with Crippen molar-refractivity contribution in [1.82, 2.24) is 4.72 Å². The fraction of sp³-hybridized carbons (Fsp3) is 1.00. The van der Waals surface area contributed by atoms with Gasteiger partial charge in [-0.3, -0.25) is 0 Å². The molecule has 8 heteroatoms. The lowest BCUT2D eigenvalue weighted by atomic mass is 9.87. The van der Waals surface area contributed by atoms with Crippen LogP contribution in [0.2, 0.25) is 0 Å². The Balaban J connectivity index is 2.41. The van der Waals surface area contributed by atoms with Crippen molar-refractivity contribution in [3.05, 3.63) is 0 Å². The summed E-state index contributed by atoms with van der Waals surface area (Å²) in [6, 6.07) is 0. The van der Waals surface area contributed by atoms with Crippen LogP contribution in [-0.2, 0) is 19.9 Å². The van der Waals surface area contributed by atoms with Crippen molar-refractivity contribution in [2.75, 3.05) is 24.3 Å². The standard InChI is InChI=1S/C10H21NO5S2/c1-17(13,14)6-7-18(15,16)11-8-9-4-2-3-5-10(9)12/h9-12H,2-8H2,1H3. The molecule has 1 fully saturated rings. The van der Waals surface area contributed by atoms with Crippen molar-refractivity contribution in [2.45, 2.75) is 31.8 Å². The van der Waals surface area contributed by atoms with Crippen LogP contribution in [0, 0.1) is 5.92 Å². The number of hydrogen-bond acceptors (Lipinski definition) is 5. The number of aliphatic hydroxyl groups is 1. The highest BCUT2D eigenvalue weighted by molar-refractivity contribution is 7.93. The molecule has 0 aromatic carbocycles. The zero-order valence-corrected chi connectivity index (χ0v) is 12.1. The van der Waals surface area contributed by atoms with Gasteiger partial charge in [-0.15, -0.1) is 0 Å². The second-order valence-corrected chi connectivity index (χ2v) is 9.10. The third-order valence-corrected chi connectivity index (χ3v) is 5.71. The molecule has 1 aliphatic carbocycles. The van der Waals surface area contributed by atoms with Crippen LogP contribution in [0.3, 0.4) is 0 Å². The minimum absolute atomic E-state index is 0.0632. The van der Waals surface area contributed by atoms with Crippen molar-refractivity contribution >= 4 is 19.9 Å². The number of aliphatic hydroxyl groups excluding tert-OH is 1. The third-order valence-electron chi connectivity index (χ3n) is 3.16. The van der Waals surface area contributed by atoms with E-state index in [9.17, 15) is 21.9 Å². The van der Waals surface area contributed by atoms with Crippen LogP contribution >= 0.6 is 0 Å². The summed E-state index contributed by atoms with van der Waals surface area (Å²) >= 11 is 0. The highest BCUT2D eigenvalue weighted by atomic mass is 32.2. The lowest BCUT2D eigenvalue weighted by Gasteiger charge is -2.27. The summed E-state index contributed by atoms with van der Waals surface area (Å²) in [5.41, 5.74) is 0. The van der Waals surface area contributed by atoms with Crippen molar-refractivity contribution in [1.29, 1.82) is 0 Å². The van der Waals surface area contributed by atoms with Gasteiger partial charge in [0.2, 0.25) is 10.0 Å². The number of nitrogens with one attached hydrogen (secondary N) is 1. The first-order valence-corrected chi connectivity index (χ1v) is 9.74. The summed E-state index contributed by atoms with van der Waals surface area (Å²) < 4.78 is 47.3. The van der Waals surface area contributed by atoms with E-state index in [2.05, 4.69) is 4.72 Å². The molecule has 0 aromatic heterocycles. The van der Waals surface area contributed by atoms with Gasteiger partial charge in [-0.2, -0.15) is 0 Å². The van der Waals surface area contributed by atoms with Crippen LogP contribution in [0.15, 0.2) is 0 Å². The monoisotopic (exact) mass is 299 g/mol. The average Bonchev–Trinajstić information content (AvgIpc) is 2.25. The van der Waals surface area contributed by atoms with E-state index in [1.807, 2.05) is 0 Å². The minimum atomic E-state index is -3.58. The van der Waals surface area contributed by atoms with Gasteiger partial charge < -0.3 is 5.11 Å². The molecule has 0 amide bonds. The quantitative estimate of drug-likeness (QED) is 0.689. The number of sulfone groups is 1. The van der Waals surface area contributed by atoms with Gasteiger partial charge in [0, 0.05) is 12.8 Å². The first-order chi connectivity index (χ1) is 8.20. The Morgan fingerprint density at radius 1 is 1.11 bits per heavy atom. The molecular weight excluding hydrogens is 278 g/mol. The molecule has 0 bridgehead atoms. The molecule has 2 atom stereocenters. The minimum Gasteiger partial charge on any atom is -0.393 e. The van der Waals surface area contributed by atoms with Gasteiger partial charge in [-0.1, -0.05) is 12.8 Å². The van der Waals surface area contributed by atoms with E-state index in [1.165, 1.54) is 0 Å². The molecule has 6 nitrogen and oxygen atoms in total. The maximum atomic E-state index is 11.6. The fourth-order valence-electron chi connectivity index (χ4n) is 1.99. The van der Waals surface area contributed by atoms with Crippen LogP contribution < -0.4 is 4.72 Å². The molecule has 0 saturated heterocycles. The molecule has 108 valence electrons. The predicted octanol–water partition coefficient (Wildman–Crippen LogP) is -0.498. The molecule has 0 heterocycles. The summed E-state index contributed by atoms with van der Waals surface area (Å²) in [4.78, 5) is 0. The number of hydrogen-bond donors (Lipinski definition) is 2. The summed E-state index contributed by atoms with van der Waals surface area (Å²) in [5.74, 6) is -0.865. The fourth-order valence-corrected chi connectivity index (χ4v) is 4.69. The maximum Gasteiger partial charge on any atom is 0.212 e. The SMILES string of the molecule is CS(=O)(=O)CCS(=O)(=O)NCC1CCCCC1O. The van der Waals surface area contributed by atoms with Crippen LogP contribution in [0.4, 0.5) is 0 Å². The second-order valence-electron chi connectivity index (χ2n) is 4.91. The van der Waals surface area contributed by atoms with E-state index in [0.29, 0.717) is 6.42 Å². The summed E-state index contributed by atoms with van der Waals surface area (Å²) in [6.45, 7) is 0.188. The lowest BCUT2D eigenvalue weighted by Crippen LogP contribution is -2.38. The van der Waals surface area contributed by atoms with E-state index in [0.717, 1.165) is 25.5 Å². The Morgan fingerprint density at radius 3 is 2.28 bits per heavy atom. The highest BCUT2D eigenvalue weighted by Gasteiger charge is 2.24. The zero-order chi connectivity index (χ0) is 13.8. The van der Waals surface area contributed by atoms with E-state index in [4.69, 9.17) is 0 Å². The summed E-state index contributed by atoms with van der Waals surface area (Å²) in [5, 5.41) is 9.69. The van der Waals surface area contributed by atoms with Gasteiger partial charge in [0.1, 0.15) is 9.84 Å². The largest absolute Gasteiger partial charge is 0.393 e. The van der Waals surface area contributed by atoms with Crippen LogP contribution in [0.5, 0.6) is 0 Å². The summed E-state index contributed by atoms with van der Waals surface area (Å²) in [7, 11) is -6.86. The Labute approximate surface area is 109 Å². The van der Waals surface area contributed by atoms with Gasteiger partial charge in [-0.25, -0.2) is 21.6 Å². The Bertz CT molecular complexity index is 457. The van der Waals surface area contributed by atoms with Gasteiger partial charge in [0.05, 0.1) is 17.6 Å². The third kappa shape index (κ3) is 6.12. The van der Waals surface area contributed by atoms with Crippen LogP contribution in [-0.4, -0.2) is 52.4 Å². The first kappa shape index (κ1) is 15.9. The van der Waals surface area contributed by atoms with Gasteiger partial charge in [-0.05, 0) is 18.8 Å². The van der Waals surface area contributed by atoms with Crippen LogP contribution in [0.25, 0.3) is 0 Å². The number of sulfonamides is 1. The predicted molar refractivity (Wildman–Crippen MR) is 69.5 cm³/mol.